The summed E-state index contributed by atoms with van der Waals surface area (Å²) in [5, 5.41) is 29.2. The van der Waals surface area contributed by atoms with Gasteiger partial charge in [0.1, 0.15) is 22.8 Å². The van der Waals surface area contributed by atoms with Crippen molar-refractivity contribution in [2.45, 2.75) is 63.9 Å². The first kappa shape index (κ1) is 36.5. The molecule has 1 aliphatic heterocycles. The molecule has 0 spiro atoms. The van der Waals surface area contributed by atoms with Crippen molar-refractivity contribution in [1.82, 2.24) is 15.3 Å². The Morgan fingerprint density at radius 2 is 1.69 bits per heavy atom. The van der Waals surface area contributed by atoms with Gasteiger partial charge in [0.15, 0.2) is 11.5 Å². The molecule has 0 bridgehead atoms. The Balaban J connectivity index is 1.77. The van der Waals surface area contributed by atoms with Crippen LogP contribution >= 0.6 is 0 Å². The number of aromatic hydroxyl groups is 2. The number of rotatable bonds is 11. The van der Waals surface area contributed by atoms with Gasteiger partial charge in [-0.2, -0.15) is 0 Å². The average Bonchev–Trinajstić information content (AvgIpc) is 3.08. The molecule has 0 saturated heterocycles. The molecule has 2 aromatic carbocycles. The number of nitrogens with one attached hydrogen (secondary N) is 2. The molecule has 1 amide bonds. The van der Waals surface area contributed by atoms with E-state index in [1.807, 2.05) is 0 Å². The predicted octanol–water partition coefficient (Wildman–Crippen LogP) is 5.15. The summed E-state index contributed by atoms with van der Waals surface area (Å²) >= 11 is 0. The number of fused-ring (bicyclic) bond motifs is 1. The van der Waals surface area contributed by atoms with E-state index >= 15 is 0 Å². The van der Waals surface area contributed by atoms with Gasteiger partial charge in [-0.1, -0.05) is 12.2 Å². The number of carbonyl (C=O) groups excluding carboxylic acids is 3. The van der Waals surface area contributed by atoms with Crippen molar-refractivity contribution < 1.29 is 43.5 Å². The first-order valence-corrected chi connectivity index (χ1v) is 16.2. The molecule has 1 aromatic heterocycles. The lowest BCUT2D eigenvalue weighted by atomic mass is 9.84. The fourth-order valence-electron chi connectivity index (χ4n) is 5.73. The number of ketones is 1. The lowest BCUT2D eigenvalue weighted by Crippen LogP contribution is -2.30. The number of cyclic esters (lactones) is 1. The Hall–Kier alpha value is -5.33. The summed E-state index contributed by atoms with van der Waals surface area (Å²) in [6.45, 7) is 2.29. The zero-order valence-electron chi connectivity index (χ0n) is 28.3. The minimum Gasteiger partial charge on any atom is -0.507 e. The molecule has 49 heavy (non-hydrogen) atoms. The maximum atomic E-state index is 13.7. The predicted molar refractivity (Wildman–Crippen MR) is 182 cm³/mol. The zero-order chi connectivity index (χ0) is 35.3. The number of hydrogen-bond donors (Lipinski definition) is 4. The number of ether oxygens (including phenoxy) is 4. The molecule has 13 heteroatoms. The number of allylic oxidation sites excluding steroid dienone is 1. The molecule has 2 heterocycles. The summed E-state index contributed by atoms with van der Waals surface area (Å²) < 4.78 is 22.3. The SMILES string of the molecule is COc1cc(C(CC(=O)NCCNc2ncccn2)c2c(O)cc3c(c2O)C(=O)O[C@@H](C)CCCC(=O)CCCC=C3)cc(OC)c1OC. The molecule has 0 radical (unpaired) electrons. The zero-order valence-corrected chi connectivity index (χ0v) is 28.3. The first-order valence-electron chi connectivity index (χ1n) is 16.2. The van der Waals surface area contributed by atoms with Crippen molar-refractivity contribution in [2.75, 3.05) is 39.7 Å². The van der Waals surface area contributed by atoms with Crippen LogP contribution in [-0.2, 0) is 14.3 Å². The van der Waals surface area contributed by atoms with Crippen molar-refractivity contribution in [1.29, 1.82) is 0 Å². The average molecular weight is 677 g/mol. The summed E-state index contributed by atoms with van der Waals surface area (Å²) in [5.41, 5.74) is 0.480. The van der Waals surface area contributed by atoms with Gasteiger partial charge in [-0.15, -0.1) is 0 Å². The summed E-state index contributed by atoms with van der Waals surface area (Å²) in [5.74, 6) is -1.58. The molecule has 0 aliphatic carbocycles. The van der Waals surface area contributed by atoms with Gasteiger partial charge in [0.2, 0.25) is 17.6 Å². The highest BCUT2D eigenvalue weighted by molar-refractivity contribution is 5.98. The molecule has 0 saturated carbocycles. The molecule has 13 nitrogen and oxygen atoms in total. The van der Waals surface area contributed by atoms with Crippen LogP contribution in [0.25, 0.3) is 6.08 Å². The van der Waals surface area contributed by atoms with E-state index in [2.05, 4.69) is 20.6 Å². The maximum absolute atomic E-state index is 13.7. The van der Waals surface area contributed by atoms with Gasteiger partial charge >= 0.3 is 5.97 Å². The molecule has 4 rings (SSSR count). The molecule has 2 atom stereocenters. The molecule has 1 unspecified atom stereocenters. The Labute approximate surface area is 285 Å². The summed E-state index contributed by atoms with van der Waals surface area (Å²) in [6, 6.07) is 6.32. The molecule has 3 aromatic rings. The maximum Gasteiger partial charge on any atom is 0.342 e. The highest BCUT2D eigenvalue weighted by atomic mass is 16.5. The second-order valence-electron chi connectivity index (χ2n) is 11.6. The van der Waals surface area contributed by atoms with Crippen LogP contribution in [-0.4, -0.2) is 78.4 Å². The van der Waals surface area contributed by atoms with Crippen LogP contribution in [0, 0.1) is 0 Å². The number of hydrogen-bond acceptors (Lipinski definition) is 12. The highest BCUT2D eigenvalue weighted by Gasteiger charge is 2.32. The topological polar surface area (TPSA) is 178 Å². The Kier molecular flexibility index (Phi) is 13.2. The largest absolute Gasteiger partial charge is 0.507 e. The van der Waals surface area contributed by atoms with E-state index in [9.17, 15) is 24.6 Å². The van der Waals surface area contributed by atoms with Crippen LogP contribution in [0.1, 0.15) is 84.8 Å². The number of phenols is 2. The van der Waals surface area contributed by atoms with Crippen molar-refractivity contribution in [3.8, 4) is 28.7 Å². The standard InChI is InChI=1S/C36H44N4O9/c1-22-10-8-13-25(41)12-7-5-6-11-23-18-27(42)32(33(44)31(23)35(45)49-22)26(24-19-28(46-2)34(48-4)29(20-24)47-3)21-30(43)37-16-17-40-36-38-14-9-15-39-36/h6,9,11,14-15,18-20,22,26,42,44H,5,7-8,10,12-13,16-17,21H2,1-4H3,(H,37,43)(H,38,39,40)/t22-,26?/m0/s1. The Morgan fingerprint density at radius 3 is 2.37 bits per heavy atom. The number of methoxy groups -OCH3 is 3. The Morgan fingerprint density at radius 1 is 1.00 bits per heavy atom. The fraction of sp³-hybridized carbons (Fsp3) is 0.417. The van der Waals surface area contributed by atoms with E-state index in [4.69, 9.17) is 18.9 Å². The van der Waals surface area contributed by atoms with E-state index in [1.165, 1.54) is 27.4 Å². The molecular formula is C36H44N4O9. The van der Waals surface area contributed by atoms with Crippen LogP contribution in [0.15, 0.2) is 42.7 Å². The summed E-state index contributed by atoms with van der Waals surface area (Å²) in [7, 11) is 4.36. The van der Waals surface area contributed by atoms with E-state index in [0.29, 0.717) is 73.8 Å². The molecule has 1 aliphatic rings. The fourth-order valence-corrected chi connectivity index (χ4v) is 5.73. The van der Waals surface area contributed by atoms with E-state index in [-0.39, 0.29) is 41.2 Å². The van der Waals surface area contributed by atoms with Crippen molar-refractivity contribution in [2.24, 2.45) is 0 Å². The lowest BCUT2D eigenvalue weighted by molar-refractivity contribution is -0.121. The number of Topliss-reactive ketones (excluding diaryl/α,β-unsaturated/α-hetero) is 1. The smallest absolute Gasteiger partial charge is 0.342 e. The molecule has 0 fully saturated rings. The van der Waals surface area contributed by atoms with Crippen LogP contribution in [0.3, 0.4) is 0 Å². The van der Waals surface area contributed by atoms with Gasteiger partial charge in [-0.05, 0) is 68.0 Å². The van der Waals surface area contributed by atoms with Gasteiger partial charge in [-0.3, -0.25) is 9.59 Å². The number of amides is 1. The van der Waals surface area contributed by atoms with Gasteiger partial charge in [-0.25, -0.2) is 14.8 Å². The molecular weight excluding hydrogens is 632 g/mol. The third kappa shape index (κ3) is 9.62. The minimum atomic E-state index is -0.988. The third-order valence-corrected chi connectivity index (χ3v) is 8.17. The van der Waals surface area contributed by atoms with E-state index in [1.54, 1.807) is 49.7 Å². The van der Waals surface area contributed by atoms with Crippen LogP contribution < -0.4 is 24.8 Å². The Bertz CT molecular complexity index is 1620. The highest BCUT2D eigenvalue weighted by Crippen LogP contribution is 2.47. The van der Waals surface area contributed by atoms with E-state index in [0.717, 1.165) is 0 Å². The summed E-state index contributed by atoms with van der Waals surface area (Å²) in [4.78, 5) is 47.5. The number of carbonyl (C=O) groups is 3. The third-order valence-electron chi connectivity index (χ3n) is 8.17. The lowest BCUT2D eigenvalue weighted by Gasteiger charge is -2.24. The first-order chi connectivity index (χ1) is 23.7. The second kappa shape index (κ2) is 17.7. The van der Waals surface area contributed by atoms with Crippen molar-refractivity contribution in [3.63, 3.8) is 0 Å². The molecule has 4 N–H and O–H groups in total. The van der Waals surface area contributed by atoms with Crippen molar-refractivity contribution >= 4 is 29.7 Å². The number of nitrogens with zero attached hydrogens (tertiary/aromatic N) is 2. The molecule has 262 valence electrons. The van der Waals surface area contributed by atoms with E-state index < -0.39 is 29.6 Å². The van der Waals surface area contributed by atoms with Gasteiger partial charge in [0.25, 0.3) is 0 Å². The van der Waals surface area contributed by atoms with Crippen LogP contribution in [0.4, 0.5) is 5.95 Å². The number of anilines is 1. The van der Waals surface area contributed by atoms with Crippen LogP contribution in [0.2, 0.25) is 0 Å². The number of phenolic OH excluding ortho intramolecular Hbond substituents is 2. The number of aromatic nitrogens is 2. The normalized spacial score (nSPS) is 16.0. The van der Waals surface area contributed by atoms with Gasteiger partial charge in [0.05, 0.1) is 27.4 Å². The quantitative estimate of drug-likeness (QED) is 0.155. The second-order valence-corrected chi connectivity index (χ2v) is 11.6. The van der Waals surface area contributed by atoms with Gasteiger partial charge < -0.3 is 39.8 Å². The van der Waals surface area contributed by atoms with Crippen molar-refractivity contribution in [3.05, 3.63) is 65.0 Å². The number of esters is 1. The monoisotopic (exact) mass is 676 g/mol. The summed E-state index contributed by atoms with van der Waals surface area (Å²) in [6.07, 6.45) is 8.88. The van der Waals surface area contributed by atoms with Crippen LogP contribution in [0.5, 0.6) is 28.7 Å². The number of benzene rings is 2. The van der Waals surface area contributed by atoms with Gasteiger partial charge in [0, 0.05) is 56.2 Å². The minimum absolute atomic E-state index is 0.0521.